The molecule has 4 N–H and O–H groups in total. The van der Waals surface area contributed by atoms with Gasteiger partial charge in [-0.15, -0.1) is 0 Å². The number of nitrogens with two attached hydrogens (primary N) is 1. The number of unbranched alkanes of at least 4 members (excludes halogenated alkanes) is 2. The van der Waals surface area contributed by atoms with Gasteiger partial charge in [-0.1, -0.05) is 22.4 Å². The normalized spacial score (nSPS) is 10.4. The molecule has 0 aliphatic rings. The molecule has 0 spiro atoms. The van der Waals surface area contributed by atoms with Gasteiger partial charge in [0.25, 0.3) is 5.91 Å². The maximum absolute atomic E-state index is 13.7. The number of anilines is 1. The molecule has 6 nitrogen and oxygen atoms in total. The highest BCUT2D eigenvalue weighted by Crippen LogP contribution is 2.16. The first-order chi connectivity index (χ1) is 11.5. The minimum atomic E-state index is -0.553. The fourth-order valence-electron chi connectivity index (χ4n) is 2.27. The molecule has 0 aliphatic carbocycles. The molecule has 0 fully saturated rings. The molecule has 0 saturated heterocycles. The van der Waals surface area contributed by atoms with Crippen LogP contribution in [-0.2, 0) is 6.42 Å². The number of carbonyl (C=O) groups excluding carboxylic acids is 1. The fourth-order valence-corrected chi connectivity index (χ4v) is 2.61. The minimum absolute atomic E-state index is 0.0322. The summed E-state index contributed by atoms with van der Waals surface area (Å²) in [7, 11) is 0. The number of nitriles is 1. The van der Waals surface area contributed by atoms with Crippen molar-refractivity contribution in [1.29, 1.82) is 5.26 Å². The first kappa shape index (κ1) is 17.9. The second-order valence-electron chi connectivity index (χ2n) is 5.26. The number of aromatic nitrogens is 2. The summed E-state index contributed by atoms with van der Waals surface area (Å²) in [6, 6.07) is 6.36. The summed E-state index contributed by atoms with van der Waals surface area (Å²) >= 11 is 3.15. The van der Waals surface area contributed by atoms with Gasteiger partial charge in [-0.2, -0.15) is 10.4 Å². The van der Waals surface area contributed by atoms with Crippen molar-refractivity contribution in [2.24, 2.45) is 0 Å². The highest BCUT2D eigenvalue weighted by molar-refractivity contribution is 9.10. The van der Waals surface area contributed by atoms with Crippen molar-refractivity contribution in [3.05, 3.63) is 45.3 Å². The summed E-state index contributed by atoms with van der Waals surface area (Å²) in [4.78, 5) is 11.9. The Morgan fingerprint density at radius 2 is 2.21 bits per heavy atom. The maximum Gasteiger partial charge on any atom is 0.254 e. The number of carbonyl (C=O) groups is 1. The molecule has 2 aromatic rings. The molecule has 1 heterocycles. The lowest BCUT2D eigenvalue weighted by Gasteiger charge is -2.06. The van der Waals surface area contributed by atoms with Crippen molar-refractivity contribution >= 4 is 27.7 Å². The van der Waals surface area contributed by atoms with E-state index in [4.69, 9.17) is 11.0 Å². The van der Waals surface area contributed by atoms with Crippen LogP contribution in [0, 0.1) is 17.1 Å². The number of halogens is 2. The standard InChI is InChI=1S/C16H17BrFN5O/c17-10-5-6-11(13(18)8-10)16(24)21-7-3-1-2-4-14-12(9-19)15(20)23-22-14/h5-6,8H,1-4,7H2,(H,21,24)(H3,20,22,23). The van der Waals surface area contributed by atoms with Crippen molar-refractivity contribution in [2.45, 2.75) is 25.7 Å². The van der Waals surface area contributed by atoms with Crippen LogP contribution in [0.2, 0.25) is 0 Å². The zero-order valence-electron chi connectivity index (χ0n) is 12.9. The van der Waals surface area contributed by atoms with E-state index in [9.17, 15) is 9.18 Å². The number of nitrogens with one attached hydrogen (secondary N) is 2. The number of aromatic amines is 1. The van der Waals surface area contributed by atoms with Crippen LogP contribution in [0.25, 0.3) is 0 Å². The molecule has 1 aromatic carbocycles. The van der Waals surface area contributed by atoms with E-state index in [2.05, 4.69) is 31.4 Å². The first-order valence-electron chi connectivity index (χ1n) is 7.49. The fraction of sp³-hybridized carbons (Fsp3) is 0.312. The molecule has 0 unspecified atom stereocenters. The first-order valence-corrected chi connectivity index (χ1v) is 8.28. The van der Waals surface area contributed by atoms with Crippen LogP contribution in [-0.4, -0.2) is 22.6 Å². The van der Waals surface area contributed by atoms with E-state index in [1.54, 1.807) is 6.07 Å². The van der Waals surface area contributed by atoms with E-state index < -0.39 is 11.7 Å². The van der Waals surface area contributed by atoms with Gasteiger partial charge in [0.2, 0.25) is 0 Å². The third kappa shape index (κ3) is 4.55. The van der Waals surface area contributed by atoms with Gasteiger partial charge in [0, 0.05) is 11.0 Å². The topological polar surface area (TPSA) is 108 Å². The number of H-pyrrole nitrogens is 1. The summed E-state index contributed by atoms with van der Waals surface area (Å²) in [5.74, 6) is -0.757. The Bertz CT molecular complexity index is 768. The third-order valence-corrected chi connectivity index (χ3v) is 4.04. The number of amides is 1. The number of hydrogen-bond donors (Lipinski definition) is 3. The van der Waals surface area contributed by atoms with Crippen LogP contribution in [0.4, 0.5) is 10.2 Å². The zero-order chi connectivity index (χ0) is 17.5. The molecule has 24 heavy (non-hydrogen) atoms. The Labute approximate surface area is 147 Å². The highest BCUT2D eigenvalue weighted by Gasteiger charge is 2.11. The van der Waals surface area contributed by atoms with E-state index in [-0.39, 0.29) is 11.4 Å². The molecule has 0 aliphatic heterocycles. The average molecular weight is 394 g/mol. The van der Waals surface area contributed by atoms with Gasteiger partial charge in [0.05, 0.1) is 11.3 Å². The number of benzene rings is 1. The number of hydrogen-bond acceptors (Lipinski definition) is 4. The Hall–Kier alpha value is -2.40. The second kappa shape index (κ2) is 8.45. The van der Waals surface area contributed by atoms with Gasteiger partial charge < -0.3 is 11.1 Å². The molecule has 1 aromatic heterocycles. The van der Waals surface area contributed by atoms with E-state index in [1.807, 2.05) is 6.07 Å². The summed E-state index contributed by atoms with van der Waals surface area (Å²) in [5, 5.41) is 18.2. The molecular formula is C16H17BrFN5O. The minimum Gasteiger partial charge on any atom is -0.381 e. The Morgan fingerprint density at radius 3 is 2.92 bits per heavy atom. The van der Waals surface area contributed by atoms with Gasteiger partial charge in [0.15, 0.2) is 5.82 Å². The monoisotopic (exact) mass is 393 g/mol. The van der Waals surface area contributed by atoms with Crippen molar-refractivity contribution in [1.82, 2.24) is 15.5 Å². The predicted octanol–water partition coefficient (Wildman–Crippen LogP) is 2.91. The largest absolute Gasteiger partial charge is 0.381 e. The van der Waals surface area contributed by atoms with Crippen LogP contribution in [0.1, 0.15) is 40.9 Å². The molecule has 1 amide bonds. The van der Waals surface area contributed by atoms with Gasteiger partial charge in [0.1, 0.15) is 17.4 Å². The number of nitrogens with zero attached hydrogens (tertiary/aromatic N) is 2. The summed E-state index contributed by atoms with van der Waals surface area (Å²) < 4.78 is 14.2. The average Bonchev–Trinajstić information content (AvgIpc) is 2.90. The van der Waals surface area contributed by atoms with E-state index in [0.29, 0.717) is 23.0 Å². The van der Waals surface area contributed by atoms with Crippen molar-refractivity contribution in [3.63, 3.8) is 0 Å². The SMILES string of the molecule is N#Cc1c(N)n[nH]c1CCCCCNC(=O)c1ccc(Br)cc1F. The lowest BCUT2D eigenvalue weighted by atomic mass is 10.1. The smallest absolute Gasteiger partial charge is 0.254 e. The van der Waals surface area contributed by atoms with Gasteiger partial charge >= 0.3 is 0 Å². The molecular weight excluding hydrogens is 377 g/mol. The number of nitrogen functional groups attached to an aromatic ring is 1. The van der Waals surface area contributed by atoms with E-state index in [1.165, 1.54) is 12.1 Å². The third-order valence-electron chi connectivity index (χ3n) is 3.55. The Kier molecular flexibility index (Phi) is 6.32. The molecule has 0 radical (unpaired) electrons. The number of rotatable bonds is 7. The molecule has 0 bridgehead atoms. The molecule has 2 rings (SSSR count). The van der Waals surface area contributed by atoms with Gasteiger partial charge in [-0.05, 0) is 37.5 Å². The van der Waals surface area contributed by atoms with Crippen molar-refractivity contribution < 1.29 is 9.18 Å². The summed E-state index contributed by atoms with van der Waals surface area (Å²) in [5.41, 5.74) is 6.73. The van der Waals surface area contributed by atoms with Crippen LogP contribution in [0.5, 0.6) is 0 Å². The van der Waals surface area contributed by atoms with Crippen LogP contribution in [0.3, 0.4) is 0 Å². The van der Waals surface area contributed by atoms with E-state index >= 15 is 0 Å². The highest BCUT2D eigenvalue weighted by atomic mass is 79.9. The molecule has 0 atom stereocenters. The Balaban J connectivity index is 1.70. The lowest BCUT2D eigenvalue weighted by Crippen LogP contribution is -2.25. The van der Waals surface area contributed by atoms with E-state index in [0.717, 1.165) is 25.0 Å². The molecule has 8 heteroatoms. The van der Waals surface area contributed by atoms with Crippen LogP contribution < -0.4 is 11.1 Å². The quantitative estimate of drug-likeness (QED) is 0.628. The van der Waals surface area contributed by atoms with Crippen molar-refractivity contribution in [3.8, 4) is 6.07 Å². The zero-order valence-corrected chi connectivity index (χ0v) is 14.5. The predicted molar refractivity (Wildman–Crippen MR) is 91.7 cm³/mol. The molecule has 0 saturated carbocycles. The van der Waals surface area contributed by atoms with Gasteiger partial charge in [-0.3, -0.25) is 9.89 Å². The second-order valence-corrected chi connectivity index (χ2v) is 6.18. The summed E-state index contributed by atoms with van der Waals surface area (Å²) in [6.45, 7) is 0.463. The Morgan fingerprint density at radius 1 is 1.42 bits per heavy atom. The van der Waals surface area contributed by atoms with Crippen molar-refractivity contribution in [2.75, 3.05) is 12.3 Å². The van der Waals surface area contributed by atoms with Crippen LogP contribution in [0.15, 0.2) is 22.7 Å². The maximum atomic E-state index is 13.7. The van der Waals surface area contributed by atoms with Gasteiger partial charge in [-0.25, -0.2) is 4.39 Å². The number of aryl methyl sites for hydroxylation is 1. The van der Waals surface area contributed by atoms with Crippen LogP contribution >= 0.6 is 15.9 Å². The lowest BCUT2D eigenvalue weighted by molar-refractivity contribution is 0.0949. The molecule has 126 valence electrons. The summed E-state index contributed by atoms with van der Waals surface area (Å²) in [6.07, 6.45) is 3.11.